The van der Waals surface area contributed by atoms with Gasteiger partial charge >= 0.3 is 0 Å². The summed E-state index contributed by atoms with van der Waals surface area (Å²) in [5.41, 5.74) is 6.74. The molecule has 1 saturated heterocycles. The van der Waals surface area contributed by atoms with E-state index in [9.17, 15) is 10.2 Å². The molecule has 1 aromatic rings. The van der Waals surface area contributed by atoms with E-state index < -0.39 is 35.6 Å². The molecule has 0 radical (unpaired) electrons. The van der Waals surface area contributed by atoms with Crippen molar-refractivity contribution >= 4 is 17.9 Å². The molecule has 1 fully saturated rings. The second kappa shape index (κ2) is 6.20. The zero-order valence-electron chi connectivity index (χ0n) is 15.6. The van der Waals surface area contributed by atoms with Gasteiger partial charge in [0.15, 0.2) is 17.7 Å². The molecule has 0 aromatic heterocycles. The summed E-state index contributed by atoms with van der Waals surface area (Å²) < 4.78 is 5.74. The van der Waals surface area contributed by atoms with E-state index in [0.29, 0.717) is 11.5 Å². The molecule has 0 amide bonds. The van der Waals surface area contributed by atoms with Gasteiger partial charge in [-0.2, -0.15) is 0 Å². The lowest BCUT2D eigenvalue weighted by atomic mass is 9.71. The third-order valence-electron chi connectivity index (χ3n) is 5.90. The molecular formula is C19H25N5O3. The third-order valence-corrected chi connectivity index (χ3v) is 5.90. The summed E-state index contributed by atoms with van der Waals surface area (Å²) in [5.74, 6) is 0.529. The van der Waals surface area contributed by atoms with Gasteiger partial charge in [-0.25, -0.2) is 9.98 Å². The number of hydrogen-bond donors (Lipinski definition) is 3. The topological polar surface area (TPSA) is 116 Å². The highest BCUT2D eigenvalue weighted by Gasteiger charge is 2.54. The van der Waals surface area contributed by atoms with Crippen LogP contribution in [-0.4, -0.2) is 69.9 Å². The Labute approximate surface area is 158 Å². The number of hydrogen-bond acceptors (Lipinski definition) is 8. The van der Waals surface area contributed by atoms with Crippen molar-refractivity contribution in [2.75, 3.05) is 6.67 Å². The minimum absolute atomic E-state index is 0.239. The van der Waals surface area contributed by atoms with Gasteiger partial charge in [-0.1, -0.05) is 44.2 Å². The minimum atomic E-state index is -1.12. The van der Waals surface area contributed by atoms with Crippen LogP contribution in [0.5, 0.6) is 0 Å². The molecule has 144 valence electrons. The Bertz CT molecular complexity index is 822. The van der Waals surface area contributed by atoms with Crippen LogP contribution < -0.4 is 5.73 Å². The van der Waals surface area contributed by atoms with Gasteiger partial charge in [0, 0.05) is 5.41 Å². The summed E-state index contributed by atoms with van der Waals surface area (Å²) >= 11 is 0. The average Bonchev–Trinajstić information content (AvgIpc) is 3.20. The van der Waals surface area contributed by atoms with E-state index in [1.165, 1.54) is 6.34 Å². The number of benzene rings is 1. The standard InChI is InChI=1S/C19H25N5O3/c1-11-13(25)14(26)17(27-11)24-10-22-15-16(24)21-9-23-19(15,20)18(2,3)12-7-5-4-6-8-12/h4-9,11,13-14,17,25-26H,10,20H2,1-3H3/t11-,13-,14-,17-,19?/m1/s1. The lowest BCUT2D eigenvalue weighted by molar-refractivity contribution is -0.0530. The maximum atomic E-state index is 10.4. The molecule has 1 unspecified atom stereocenters. The van der Waals surface area contributed by atoms with Gasteiger partial charge in [0.2, 0.25) is 0 Å². The summed E-state index contributed by atoms with van der Waals surface area (Å²) in [6.07, 6.45) is -1.77. The van der Waals surface area contributed by atoms with E-state index >= 15 is 0 Å². The number of rotatable bonds is 3. The van der Waals surface area contributed by atoms with Crippen LogP contribution in [0.25, 0.3) is 0 Å². The smallest absolute Gasteiger partial charge is 0.165 e. The highest BCUT2D eigenvalue weighted by atomic mass is 16.6. The second-order valence-corrected chi connectivity index (χ2v) is 7.79. The molecule has 27 heavy (non-hydrogen) atoms. The van der Waals surface area contributed by atoms with Crippen LogP contribution in [0.3, 0.4) is 0 Å². The van der Waals surface area contributed by atoms with Crippen LogP contribution in [0, 0.1) is 0 Å². The molecule has 3 aliphatic heterocycles. The fraction of sp³-hybridized carbons (Fsp3) is 0.526. The maximum Gasteiger partial charge on any atom is 0.165 e. The van der Waals surface area contributed by atoms with E-state index in [0.717, 1.165) is 5.56 Å². The van der Waals surface area contributed by atoms with Gasteiger partial charge in [0.1, 0.15) is 30.9 Å². The molecule has 4 rings (SSSR count). The molecule has 4 N–H and O–H groups in total. The number of amidine groups is 1. The van der Waals surface area contributed by atoms with E-state index in [-0.39, 0.29) is 6.67 Å². The summed E-state index contributed by atoms with van der Waals surface area (Å²) in [4.78, 5) is 15.2. The van der Waals surface area contributed by atoms with Gasteiger partial charge < -0.3 is 25.6 Å². The fourth-order valence-corrected chi connectivity index (χ4v) is 3.90. The maximum absolute atomic E-state index is 10.4. The minimum Gasteiger partial charge on any atom is -0.388 e. The summed E-state index contributed by atoms with van der Waals surface area (Å²) in [5, 5.41) is 20.4. The van der Waals surface area contributed by atoms with Crippen molar-refractivity contribution in [1.82, 2.24) is 4.90 Å². The van der Waals surface area contributed by atoms with Crippen molar-refractivity contribution < 1.29 is 14.9 Å². The van der Waals surface area contributed by atoms with Crippen molar-refractivity contribution in [3.8, 4) is 0 Å². The quantitative estimate of drug-likeness (QED) is 0.704. The van der Waals surface area contributed by atoms with Crippen LogP contribution in [0.4, 0.5) is 0 Å². The van der Waals surface area contributed by atoms with Crippen molar-refractivity contribution in [3.05, 3.63) is 35.9 Å². The first-order valence-electron chi connectivity index (χ1n) is 9.07. The molecule has 3 aliphatic rings. The van der Waals surface area contributed by atoms with E-state index in [4.69, 9.17) is 10.5 Å². The van der Waals surface area contributed by atoms with Crippen LogP contribution in [0.1, 0.15) is 26.3 Å². The molecular weight excluding hydrogens is 346 g/mol. The lowest BCUT2D eigenvalue weighted by Crippen LogP contribution is -2.64. The Morgan fingerprint density at radius 1 is 1.22 bits per heavy atom. The van der Waals surface area contributed by atoms with Crippen molar-refractivity contribution in [3.63, 3.8) is 0 Å². The molecule has 3 heterocycles. The largest absolute Gasteiger partial charge is 0.388 e. The predicted octanol–water partition coefficient (Wildman–Crippen LogP) is 0.240. The van der Waals surface area contributed by atoms with Gasteiger partial charge in [-0.15, -0.1) is 0 Å². The van der Waals surface area contributed by atoms with Gasteiger partial charge in [0.05, 0.1) is 6.10 Å². The van der Waals surface area contributed by atoms with Crippen LogP contribution >= 0.6 is 0 Å². The number of fused-ring (bicyclic) bond motifs is 1. The molecule has 8 nitrogen and oxygen atoms in total. The van der Waals surface area contributed by atoms with Gasteiger partial charge in [-0.05, 0) is 12.5 Å². The number of nitrogens with zero attached hydrogens (tertiary/aromatic N) is 4. The Morgan fingerprint density at radius 2 is 1.93 bits per heavy atom. The molecule has 5 atom stereocenters. The third kappa shape index (κ3) is 2.55. The van der Waals surface area contributed by atoms with E-state index in [1.54, 1.807) is 11.8 Å². The van der Waals surface area contributed by atoms with Crippen LogP contribution in [-0.2, 0) is 10.2 Å². The lowest BCUT2D eigenvalue weighted by Gasteiger charge is -2.42. The molecule has 0 spiro atoms. The highest BCUT2D eigenvalue weighted by molar-refractivity contribution is 6.47. The highest BCUT2D eigenvalue weighted by Crippen LogP contribution is 2.39. The normalized spacial score (nSPS) is 35.9. The Kier molecular flexibility index (Phi) is 4.19. The van der Waals surface area contributed by atoms with Crippen molar-refractivity contribution in [2.24, 2.45) is 20.7 Å². The van der Waals surface area contributed by atoms with Crippen LogP contribution in [0.15, 0.2) is 45.3 Å². The first-order valence-corrected chi connectivity index (χ1v) is 9.07. The number of nitrogens with two attached hydrogens (primary N) is 1. The molecule has 0 saturated carbocycles. The number of ether oxygens (including phenoxy) is 1. The molecule has 0 aliphatic carbocycles. The number of aliphatic imine (C=N–C) groups is 3. The predicted molar refractivity (Wildman–Crippen MR) is 103 cm³/mol. The first kappa shape index (κ1) is 18.2. The summed E-state index contributed by atoms with van der Waals surface area (Å²) in [7, 11) is 0. The Hall–Kier alpha value is -2.13. The average molecular weight is 371 g/mol. The van der Waals surface area contributed by atoms with E-state index in [1.807, 2.05) is 44.2 Å². The zero-order chi connectivity index (χ0) is 19.4. The zero-order valence-corrected chi connectivity index (χ0v) is 15.6. The molecule has 0 bridgehead atoms. The molecule has 8 heteroatoms. The Morgan fingerprint density at radius 3 is 2.56 bits per heavy atom. The fourth-order valence-electron chi connectivity index (χ4n) is 3.90. The Balaban J connectivity index is 1.67. The monoisotopic (exact) mass is 371 g/mol. The van der Waals surface area contributed by atoms with Crippen molar-refractivity contribution in [2.45, 2.75) is 56.4 Å². The van der Waals surface area contributed by atoms with Gasteiger partial charge in [0.25, 0.3) is 0 Å². The summed E-state index contributed by atoms with van der Waals surface area (Å²) in [6.45, 7) is 6.02. The number of aliphatic hydroxyl groups is 2. The van der Waals surface area contributed by atoms with E-state index in [2.05, 4.69) is 15.0 Å². The number of aliphatic hydroxyl groups excluding tert-OH is 2. The van der Waals surface area contributed by atoms with Gasteiger partial charge in [-0.3, -0.25) is 4.99 Å². The summed E-state index contributed by atoms with van der Waals surface area (Å²) in [6, 6.07) is 9.93. The van der Waals surface area contributed by atoms with Crippen molar-refractivity contribution in [1.29, 1.82) is 0 Å². The SMILES string of the molecule is C[C@H]1O[C@@H](N2CN=C3C2=NC=NC3(N)C(C)(C)c2ccccc2)[C@H](O)[C@@H]1O. The first-order chi connectivity index (χ1) is 12.8. The van der Waals surface area contributed by atoms with Crippen LogP contribution in [0.2, 0.25) is 0 Å². The second-order valence-electron chi connectivity index (χ2n) is 7.79. The molecule has 1 aromatic carbocycles.